The summed E-state index contributed by atoms with van der Waals surface area (Å²) in [5, 5.41) is 0. The molecule has 0 N–H and O–H groups in total. The van der Waals surface area contributed by atoms with Crippen molar-refractivity contribution in [2.24, 2.45) is 0 Å². The molecule has 2 heterocycles. The van der Waals surface area contributed by atoms with E-state index < -0.39 is 11.7 Å². The number of amides is 2. The van der Waals surface area contributed by atoms with Crippen molar-refractivity contribution < 1.29 is 22.8 Å². The number of fused-ring (bicyclic) bond motifs is 1. The van der Waals surface area contributed by atoms with Crippen molar-refractivity contribution in [2.75, 3.05) is 36.5 Å². The van der Waals surface area contributed by atoms with Crippen molar-refractivity contribution in [3.05, 3.63) is 93.9 Å². The maximum absolute atomic E-state index is 13.4. The van der Waals surface area contributed by atoms with Crippen LogP contribution in [0.1, 0.15) is 34.0 Å². The van der Waals surface area contributed by atoms with Gasteiger partial charge in [0.2, 0.25) is 0 Å². The number of thioether (sulfide) groups is 1. The lowest BCUT2D eigenvalue weighted by atomic mass is 10.1. The van der Waals surface area contributed by atoms with E-state index in [1.165, 1.54) is 34.4 Å². The molecule has 2 aliphatic rings. The molecule has 3 aromatic rings. The van der Waals surface area contributed by atoms with Crippen LogP contribution in [0.2, 0.25) is 0 Å². The van der Waals surface area contributed by atoms with Crippen molar-refractivity contribution in [2.45, 2.75) is 31.0 Å². The molecule has 1 fully saturated rings. The summed E-state index contributed by atoms with van der Waals surface area (Å²) in [6.45, 7) is 6.10. The number of hydrogen-bond acceptors (Lipinski definition) is 4. The maximum atomic E-state index is 13.4. The fraction of sp³-hybridized carbons (Fsp3) is 0.267. The molecule has 0 saturated carbocycles. The Labute approximate surface area is 229 Å². The molecule has 0 aliphatic carbocycles. The van der Waals surface area contributed by atoms with Crippen LogP contribution >= 0.6 is 11.8 Å². The van der Waals surface area contributed by atoms with Crippen LogP contribution in [0, 0.1) is 6.92 Å². The van der Waals surface area contributed by atoms with E-state index in [2.05, 4.69) is 36.9 Å². The Morgan fingerprint density at radius 2 is 1.77 bits per heavy atom. The number of likely N-dealkylation sites (N-methyl/N-ethyl adjacent to an activating group) is 1. The molecule has 0 bridgehead atoms. The van der Waals surface area contributed by atoms with Gasteiger partial charge in [-0.05, 0) is 73.5 Å². The molecule has 0 unspecified atom stereocenters. The number of aryl methyl sites for hydroxylation is 1. The van der Waals surface area contributed by atoms with Crippen LogP contribution in [0.3, 0.4) is 0 Å². The second-order valence-corrected chi connectivity index (χ2v) is 11.0. The Balaban J connectivity index is 1.31. The average molecular weight is 552 g/mol. The minimum atomic E-state index is -4.41. The molecular formula is C30H28F3N3O2S. The summed E-state index contributed by atoms with van der Waals surface area (Å²) >= 11 is 1.24. The van der Waals surface area contributed by atoms with Crippen LogP contribution in [0.4, 0.5) is 24.5 Å². The summed E-state index contributed by atoms with van der Waals surface area (Å²) in [6.07, 6.45) is -2.83. The molecule has 5 nitrogen and oxygen atoms in total. The molecule has 5 rings (SSSR count). The Morgan fingerprint density at radius 1 is 1.03 bits per heavy atom. The van der Waals surface area contributed by atoms with Crippen molar-refractivity contribution in [1.29, 1.82) is 0 Å². The van der Waals surface area contributed by atoms with Crippen molar-refractivity contribution >= 4 is 41.0 Å². The Morgan fingerprint density at radius 3 is 2.44 bits per heavy atom. The van der Waals surface area contributed by atoms with Gasteiger partial charge in [0.25, 0.3) is 11.8 Å². The van der Waals surface area contributed by atoms with Crippen LogP contribution in [0.15, 0.2) is 76.5 Å². The van der Waals surface area contributed by atoms with Crippen molar-refractivity contribution in [3.63, 3.8) is 0 Å². The number of carbonyl (C=O) groups excluding carboxylic acids is 2. The predicted molar refractivity (Wildman–Crippen MR) is 149 cm³/mol. The van der Waals surface area contributed by atoms with Gasteiger partial charge >= 0.3 is 6.18 Å². The summed E-state index contributed by atoms with van der Waals surface area (Å²) in [5.74, 6) is -0.358. The Kier molecular flexibility index (Phi) is 7.20. The van der Waals surface area contributed by atoms with Gasteiger partial charge in [-0.2, -0.15) is 13.2 Å². The minimum absolute atomic E-state index is 0.0783. The zero-order valence-electron chi connectivity index (χ0n) is 21.8. The van der Waals surface area contributed by atoms with Crippen LogP contribution < -0.4 is 9.80 Å². The standard InChI is InChI=1S/C30H28F3N3O2S/c1-19-5-4-6-24(15-19)36-14-13-35(18-20(36)2)28(37)22-9-12-26-25(17-22)34(3)29(38)27(39-26)16-21-7-10-23(11-8-21)30(31,32)33/h4-12,15-17,20H,13-14,18H2,1-3H3/b27-16-/t20-/m1/s1. The minimum Gasteiger partial charge on any atom is -0.365 e. The Bertz CT molecular complexity index is 1450. The third-order valence-electron chi connectivity index (χ3n) is 7.09. The average Bonchev–Trinajstić information content (AvgIpc) is 2.91. The van der Waals surface area contributed by atoms with Gasteiger partial charge < -0.3 is 14.7 Å². The van der Waals surface area contributed by atoms with E-state index in [1.807, 2.05) is 17.0 Å². The number of anilines is 2. The first-order valence-electron chi connectivity index (χ1n) is 12.6. The first kappa shape index (κ1) is 26.9. The Hall–Kier alpha value is -3.72. The van der Waals surface area contributed by atoms with Crippen LogP contribution in [-0.4, -0.2) is 49.4 Å². The molecule has 2 amide bonds. The summed E-state index contributed by atoms with van der Waals surface area (Å²) < 4.78 is 38.6. The summed E-state index contributed by atoms with van der Waals surface area (Å²) in [7, 11) is 1.64. The third kappa shape index (κ3) is 5.54. The highest BCUT2D eigenvalue weighted by Crippen LogP contribution is 2.42. The number of halogens is 3. The third-order valence-corrected chi connectivity index (χ3v) is 8.16. The molecule has 39 heavy (non-hydrogen) atoms. The second kappa shape index (κ2) is 10.4. The molecule has 3 aromatic carbocycles. The van der Waals surface area contributed by atoms with Gasteiger partial charge in [0.15, 0.2) is 0 Å². The normalized spacial score (nSPS) is 18.9. The van der Waals surface area contributed by atoms with E-state index in [9.17, 15) is 22.8 Å². The topological polar surface area (TPSA) is 43.9 Å². The van der Waals surface area contributed by atoms with E-state index in [1.54, 1.807) is 25.3 Å². The number of nitrogens with zero attached hydrogens (tertiary/aromatic N) is 3. The van der Waals surface area contributed by atoms with Crippen molar-refractivity contribution in [1.82, 2.24) is 4.90 Å². The van der Waals surface area contributed by atoms with E-state index in [-0.39, 0.29) is 17.9 Å². The van der Waals surface area contributed by atoms with E-state index in [0.717, 1.165) is 29.3 Å². The van der Waals surface area contributed by atoms with E-state index >= 15 is 0 Å². The first-order valence-corrected chi connectivity index (χ1v) is 13.4. The van der Waals surface area contributed by atoms with E-state index in [0.29, 0.717) is 34.8 Å². The lowest BCUT2D eigenvalue weighted by Gasteiger charge is -2.41. The molecule has 1 saturated heterocycles. The highest BCUT2D eigenvalue weighted by atomic mass is 32.2. The number of alkyl halides is 3. The largest absolute Gasteiger partial charge is 0.416 e. The number of rotatable bonds is 3. The van der Waals surface area contributed by atoms with Gasteiger partial charge in [0, 0.05) is 48.9 Å². The molecule has 0 radical (unpaired) electrons. The summed E-state index contributed by atoms with van der Waals surface area (Å²) in [6, 6.07) is 18.5. The van der Waals surface area contributed by atoms with Gasteiger partial charge in [-0.25, -0.2) is 0 Å². The van der Waals surface area contributed by atoms with Crippen LogP contribution in [-0.2, 0) is 11.0 Å². The summed E-state index contributed by atoms with van der Waals surface area (Å²) in [4.78, 5) is 33.4. The molecule has 0 aromatic heterocycles. The smallest absolute Gasteiger partial charge is 0.365 e. The quantitative estimate of drug-likeness (QED) is 0.350. The van der Waals surface area contributed by atoms with Gasteiger partial charge in [0.05, 0.1) is 16.2 Å². The summed E-state index contributed by atoms with van der Waals surface area (Å²) in [5.41, 5.74) is 3.26. The van der Waals surface area contributed by atoms with Gasteiger partial charge in [-0.1, -0.05) is 36.0 Å². The van der Waals surface area contributed by atoms with Crippen LogP contribution in [0.25, 0.3) is 6.08 Å². The molecular weight excluding hydrogens is 523 g/mol. The van der Waals surface area contributed by atoms with Gasteiger partial charge in [-0.15, -0.1) is 0 Å². The van der Waals surface area contributed by atoms with Gasteiger partial charge in [0.1, 0.15) is 0 Å². The lowest BCUT2D eigenvalue weighted by Crippen LogP contribution is -2.53. The number of benzene rings is 3. The zero-order valence-corrected chi connectivity index (χ0v) is 22.6. The maximum Gasteiger partial charge on any atom is 0.416 e. The monoisotopic (exact) mass is 551 g/mol. The predicted octanol–water partition coefficient (Wildman–Crippen LogP) is 6.47. The number of hydrogen-bond donors (Lipinski definition) is 0. The first-order chi connectivity index (χ1) is 18.5. The molecule has 0 spiro atoms. The van der Waals surface area contributed by atoms with Crippen molar-refractivity contribution in [3.8, 4) is 0 Å². The number of piperazine rings is 1. The van der Waals surface area contributed by atoms with Gasteiger partial charge in [-0.3, -0.25) is 9.59 Å². The highest BCUT2D eigenvalue weighted by Gasteiger charge is 2.32. The SMILES string of the molecule is Cc1cccc(N2CCN(C(=O)c3ccc4c(c3)N(C)C(=O)/C(=C/c3ccc(C(F)(F)F)cc3)S4)C[C@H]2C)c1. The zero-order chi connectivity index (χ0) is 27.9. The molecule has 1 atom stereocenters. The fourth-order valence-corrected chi connectivity index (χ4v) is 6.05. The van der Waals surface area contributed by atoms with E-state index in [4.69, 9.17) is 0 Å². The molecule has 9 heteroatoms. The van der Waals surface area contributed by atoms with Crippen LogP contribution in [0.5, 0.6) is 0 Å². The number of carbonyl (C=O) groups is 2. The lowest BCUT2D eigenvalue weighted by molar-refractivity contribution is -0.137. The molecule has 202 valence electrons. The molecule has 2 aliphatic heterocycles. The second-order valence-electron chi connectivity index (χ2n) is 9.91. The fourth-order valence-electron chi connectivity index (χ4n) is 4.96. The highest BCUT2D eigenvalue weighted by molar-refractivity contribution is 8.04.